The van der Waals surface area contributed by atoms with Gasteiger partial charge in [0.1, 0.15) is 0 Å². The van der Waals surface area contributed by atoms with Gasteiger partial charge in [-0.25, -0.2) is 0 Å². The van der Waals surface area contributed by atoms with E-state index >= 15 is 0 Å². The number of aliphatic hydroxyl groups is 2. The maximum Gasteiger partial charge on any atom is 0.0820 e. The average Bonchev–Trinajstić information content (AvgIpc) is 1.97. The molecule has 0 spiro atoms. The molecule has 0 aliphatic rings. The van der Waals surface area contributed by atoms with Crippen LogP contribution in [-0.2, 0) is 0 Å². The van der Waals surface area contributed by atoms with Crippen molar-refractivity contribution in [3.05, 3.63) is 23.5 Å². The summed E-state index contributed by atoms with van der Waals surface area (Å²) in [6, 6.07) is 0. The van der Waals surface area contributed by atoms with Crippen LogP contribution in [0.2, 0.25) is 0 Å². The molecule has 0 fully saturated rings. The Balaban J connectivity index is 4.68. The summed E-state index contributed by atoms with van der Waals surface area (Å²) in [6.45, 7) is 7.91. The van der Waals surface area contributed by atoms with Gasteiger partial charge in [0.05, 0.1) is 12.9 Å². The summed E-state index contributed by atoms with van der Waals surface area (Å²) < 4.78 is 0. The second kappa shape index (κ2) is 4.31. The minimum atomic E-state index is -0.0426. The first-order chi connectivity index (χ1) is 5.41. The van der Waals surface area contributed by atoms with Crippen molar-refractivity contribution in [1.29, 1.82) is 0 Å². The van der Waals surface area contributed by atoms with Gasteiger partial charge < -0.3 is 10.2 Å². The molecule has 0 aliphatic heterocycles. The fraction of sp³-hybridized carbons (Fsp3) is 0.600. The molecule has 0 rings (SSSR count). The summed E-state index contributed by atoms with van der Waals surface area (Å²) in [4.78, 5) is 0. The van der Waals surface area contributed by atoms with E-state index in [-0.39, 0.29) is 12.0 Å². The molecule has 2 heteroatoms. The van der Waals surface area contributed by atoms with Gasteiger partial charge in [0, 0.05) is 0 Å². The number of aliphatic hydroxyl groups excluding tert-OH is 2. The fourth-order valence-electron chi connectivity index (χ4n) is 0.811. The SMILES string of the molecule is CC(=CO)/C=C(\CO)C(C)(C)C. The number of allylic oxidation sites excluding steroid dienone is 2. The lowest BCUT2D eigenvalue weighted by Gasteiger charge is -2.21. The topological polar surface area (TPSA) is 40.5 Å². The molecule has 0 bridgehead atoms. The Bertz CT molecular complexity index is 194. The summed E-state index contributed by atoms with van der Waals surface area (Å²) in [5, 5.41) is 17.7. The quantitative estimate of drug-likeness (QED) is 0.493. The van der Waals surface area contributed by atoms with E-state index in [1.165, 1.54) is 0 Å². The Kier molecular flexibility index (Phi) is 4.04. The minimum Gasteiger partial charge on any atom is -0.515 e. The largest absolute Gasteiger partial charge is 0.515 e. The molecule has 0 radical (unpaired) electrons. The highest BCUT2D eigenvalue weighted by atomic mass is 16.3. The Hall–Kier alpha value is -0.760. The molecule has 0 unspecified atom stereocenters. The molecule has 0 saturated heterocycles. The molecule has 0 heterocycles. The average molecular weight is 170 g/mol. The van der Waals surface area contributed by atoms with Crippen LogP contribution in [0.4, 0.5) is 0 Å². The van der Waals surface area contributed by atoms with Crippen molar-refractivity contribution >= 4 is 0 Å². The maximum atomic E-state index is 9.03. The third kappa shape index (κ3) is 3.58. The number of rotatable bonds is 2. The van der Waals surface area contributed by atoms with Crippen molar-refractivity contribution in [2.45, 2.75) is 27.7 Å². The van der Waals surface area contributed by atoms with Gasteiger partial charge in [0.2, 0.25) is 0 Å². The molecule has 0 aromatic heterocycles. The third-order valence-corrected chi connectivity index (χ3v) is 1.74. The summed E-state index contributed by atoms with van der Waals surface area (Å²) in [7, 11) is 0. The Labute approximate surface area is 74.2 Å². The van der Waals surface area contributed by atoms with E-state index in [2.05, 4.69) is 0 Å². The first kappa shape index (κ1) is 11.2. The maximum absolute atomic E-state index is 9.03. The first-order valence-corrected chi connectivity index (χ1v) is 4.04. The van der Waals surface area contributed by atoms with Gasteiger partial charge in [-0.2, -0.15) is 0 Å². The Morgan fingerprint density at radius 1 is 1.33 bits per heavy atom. The Morgan fingerprint density at radius 3 is 2.08 bits per heavy atom. The van der Waals surface area contributed by atoms with E-state index in [1.54, 1.807) is 13.0 Å². The van der Waals surface area contributed by atoms with Crippen LogP contribution in [0, 0.1) is 5.41 Å². The van der Waals surface area contributed by atoms with Gasteiger partial charge >= 0.3 is 0 Å². The van der Waals surface area contributed by atoms with E-state index < -0.39 is 0 Å². The molecule has 0 amide bonds. The standard InChI is InChI=1S/C10H18O2/c1-8(6-11)5-9(7-12)10(2,3)4/h5-6,11-12H,7H2,1-4H3/b8-6?,9-5+. The molecular formula is C10H18O2. The monoisotopic (exact) mass is 170 g/mol. The van der Waals surface area contributed by atoms with Gasteiger partial charge in [-0.1, -0.05) is 26.8 Å². The molecule has 0 aromatic carbocycles. The zero-order valence-corrected chi connectivity index (χ0v) is 8.26. The summed E-state index contributed by atoms with van der Waals surface area (Å²) >= 11 is 0. The zero-order chi connectivity index (χ0) is 9.78. The molecule has 0 aliphatic carbocycles. The van der Waals surface area contributed by atoms with Crippen LogP contribution in [-0.4, -0.2) is 16.8 Å². The van der Waals surface area contributed by atoms with E-state index in [0.29, 0.717) is 0 Å². The summed E-state index contributed by atoms with van der Waals surface area (Å²) in [6.07, 6.45) is 2.85. The molecule has 12 heavy (non-hydrogen) atoms. The molecular weight excluding hydrogens is 152 g/mol. The Morgan fingerprint density at radius 2 is 1.83 bits per heavy atom. The first-order valence-electron chi connectivity index (χ1n) is 4.04. The molecule has 2 N–H and O–H groups in total. The van der Waals surface area contributed by atoms with Gasteiger partial charge in [0.25, 0.3) is 0 Å². The molecule has 2 nitrogen and oxygen atoms in total. The molecule has 0 saturated carbocycles. The van der Waals surface area contributed by atoms with E-state index in [0.717, 1.165) is 17.4 Å². The highest BCUT2D eigenvalue weighted by molar-refractivity contribution is 5.24. The van der Waals surface area contributed by atoms with Gasteiger partial charge in [-0.05, 0) is 23.5 Å². The third-order valence-electron chi connectivity index (χ3n) is 1.74. The highest BCUT2D eigenvalue weighted by Crippen LogP contribution is 2.25. The van der Waals surface area contributed by atoms with Gasteiger partial charge in [0.15, 0.2) is 0 Å². The predicted molar refractivity (Wildman–Crippen MR) is 51.0 cm³/mol. The van der Waals surface area contributed by atoms with Crippen molar-refractivity contribution in [1.82, 2.24) is 0 Å². The zero-order valence-electron chi connectivity index (χ0n) is 8.26. The molecule has 0 aromatic rings. The van der Waals surface area contributed by atoms with E-state index in [4.69, 9.17) is 10.2 Å². The summed E-state index contributed by atoms with van der Waals surface area (Å²) in [5.41, 5.74) is 1.64. The summed E-state index contributed by atoms with van der Waals surface area (Å²) in [5.74, 6) is 0. The van der Waals surface area contributed by atoms with Crippen LogP contribution < -0.4 is 0 Å². The van der Waals surface area contributed by atoms with E-state index in [9.17, 15) is 0 Å². The van der Waals surface area contributed by atoms with Crippen LogP contribution in [0.15, 0.2) is 23.5 Å². The number of hydrogen-bond acceptors (Lipinski definition) is 2. The van der Waals surface area contributed by atoms with Crippen molar-refractivity contribution in [2.75, 3.05) is 6.61 Å². The predicted octanol–water partition coefficient (Wildman–Crippen LogP) is 2.41. The van der Waals surface area contributed by atoms with Crippen LogP contribution in [0.25, 0.3) is 0 Å². The molecule has 0 atom stereocenters. The van der Waals surface area contributed by atoms with Crippen LogP contribution >= 0.6 is 0 Å². The van der Waals surface area contributed by atoms with Crippen molar-refractivity contribution < 1.29 is 10.2 Å². The lowest BCUT2D eigenvalue weighted by Crippen LogP contribution is -2.12. The lowest BCUT2D eigenvalue weighted by atomic mass is 9.86. The highest BCUT2D eigenvalue weighted by Gasteiger charge is 2.15. The van der Waals surface area contributed by atoms with E-state index in [1.807, 2.05) is 20.8 Å². The minimum absolute atomic E-state index is 0.0364. The van der Waals surface area contributed by atoms with Crippen molar-refractivity contribution in [3.63, 3.8) is 0 Å². The van der Waals surface area contributed by atoms with Gasteiger partial charge in [-0.15, -0.1) is 0 Å². The normalized spacial score (nSPS) is 15.1. The van der Waals surface area contributed by atoms with Gasteiger partial charge in [-0.3, -0.25) is 0 Å². The second-order valence-electron chi connectivity index (χ2n) is 3.95. The number of hydrogen-bond donors (Lipinski definition) is 2. The lowest BCUT2D eigenvalue weighted by molar-refractivity contribution is 0.295. The van der Waals surface area contributed by atoms with Crippen LogP contribution in [0.1, 0.15) is 27.7 Å². The molecule has 70 valence electrons. The van der Waals surface area contributed by atoms with Crippen LogP contribution in [0.5, 0.6) is 0 Å². The van der Waals surface area contributed by atoms with Crippen molar-refractivity contribution in [3.8, 4) is 0 Å². The van der Waals surface area contributed by atoms with Crippen LogP contribution in [0.3, 0.4) is 0 Å². The smallest absolute Gasteiger partial charge is 0.0820 e. The fourth-order valence-corrected chi connectivity index (χ4v) is 0.811. The second-order valence-corrected chi connectivity index (χ2v) is 3.95. The van der Waals surface area contributed by atoms with Crippen molar-refractivity contribution in [2.24, 2.45) is 5.41 Å².